The number of carbonyl (C=O) groups is 1. The molecule has 54 heavy (non-hydrogen) atoms. The van der Waals surface area contributed by atoms with Crippen molar-refractivity contribution in [3.8, 4) is 5.75 Å². The number of anilines is 2. The van der Waals surface area contributed by atoms with E-state index in [1.54, 1.807) is 7.11 Å². The zero-order valence-corrected chi connectivity index (χ0v) is 31.2. The first-order valence-corrected chi connectivity index (χ1v) is 20.5. The van der Waals surface area contributed by atoms with Gasteiger partial charge < -0.3 is 39.4 Å². The number of aliphatic hydroxyl groups is 2. The van der Waals surface area contributed by atoms with Gasteiger partial charge in [0.05, 0.1) is 53.9 Å². The second kappa shape index (κ2) is 9.84. The molecule has 284 valence electrons. The Balaban J connectivity index is 1.04. The minimum Gasteiger partial charge on any atom is -0.495 e. The molecule has 9 heterocycles. The molecule has 0 amide bonds. The van der Waals surface area contributed by atoms with Crippen LogP contribution in [0.1, 0.15) is 62.5 Å². The standard InChI is InChI=1S/C43H50N4O7/c1-51-29-9-5-7-27-31(29)47-23-40(21-24-20-38-13-18-53-30(38)10-15-45-16-12-42(27,35(38)45)43(24,47)50)36-39(14-19-54-36)22-25(33(48)52-2)32-41(11-17-46(34(39)41)37(40)49)26-6-3-4-8-28(26)44-32/h3-9,24,30,34-37,44,49-50H,10-23H2,1-2H3/t24-,30+,34+,35+,36+,37+,38+,39-,40-,41+,42-,43-/m0/s1. The van der Waals surface area contributed by atoms with Crippen LogP contribution >= 0.6 is 0 Å². The second-order valence-electron chi connectivity index (χ2n) is 19.0. The number of ether oxygens (including phenoxy) is 4. The molecule has 9 aliphatic heterocycles. The van der Waals surface area contributed by atoms with Crippen molar-refractivity contribution in [2.75, 3.05) is 63.8 Å². The number of nitrogens with zero attached hydrogens (tertiary/aromatic N) is 3. The van der Waals surface area contributed by atoms with Gasteiger partial charge in [-0.2, -0.15) is 0 Å². The van der Waals surface area contributed by atoms with Gasteiger partial charge in [0.15, 0.2) is 5.72 Å². The molecule has 2 aromatic rings. The van der Waals surface area contributed by atoms with Crippen LogP contribution in [0.25, 0.3) is 0 Å². The number of hydrogen-bond acceptors (Lipinski definition) is 11. The topological polar surface area (TPSA) is 116 Å². The van der Waals surface area contributed by atoms with E-state index >= 15 is 0 Å². The molecule has 11 nitrogen and oxygen atoms in total. The lowest BCUT2D eigenvalue weighted by atomic mass is 9.43. The van der Waals surface area contributed by atoms with Gasteiger partial charge in [0.1, 0.15) is 12.0 Å². The third-order valence-electron chi connectivity index (χ3n) is 17.9. The molecule has 12 atom stereocenters. The van der Waals surface area contributed by atoms with E-state index in [1.165, 1.54) is 18.2 Å². The minimum atomic E-state index is -1.16. The maximum atomic E-state index is 14.0. The summed E-state index contributed by atoms with van der Waals surface area (Å²) in [6, 6.07) is 15.0. The summed E-state index contributed by atoms with van der Waals surface area (Å²) in [6.45, 7) is 4.41. The minimum absolute atomic E-state index is 0.0612. The van der Waals surface area contributed by atoms with Gasteiger partial charge in [0, 0.05) is 73.1 Å². The van der Waals surface area contributed by atoms with Crippen molar-refractivity contribution in [3.05, 3.63) is 64.9 Å². The van der Waals surface area contributed by atoms with Crippen LogP contribution in [0.15, 0.2) is 53.7 Å². The van der Waals surface area contributed by atoms with Crippen LogP contribution in [0.2, 0.25) is 0 Å². The molecule has 2 aliphatic carbocycles. The average Bonchev–Trinajstić information content (AvgIpc) is 4.04. The van der Waals surface area contributed by atoms with Crippen LogP contribution in [-0.4, -0.2) is 116 Å². The fourth-order valence-electron chi connectivity index (χ4n) is 16.7. The van der Waals surface area contributed by atoms with E-state index in [2.05, 4.69) is 56.4 Å². The van der Waals surface area contributed by atoms with Crippen LogP contribution in [0, 0.1) is 22.2 Å². The molecule has 0 bridgehead atoms. The lowest BCUT2D eigenvalue weighted by Gasteiger charge is -2.71. The van der Waals surface area contributed by atoms with Gasteiger partial charge in [0.25, 0.3) is 0 Å². The van der Waals surface area contributed by atoms with Crippen molar-refractivity contribution in [2.45, 2.75) is 98.4 Å². The number of aliphatic hydroxyl groups excluding tert-OH is 1. The van der Waals surface area contributed by atoms with E-state index in [9.17, 15) is 15.0 Å². The zero-order chi connectivity index (χ0) is 36.2. The molecule has 3 N–H and O–H groups in total. The number of esters is 1. The Kier molecular flexibility index (Phi) is 5.82. The fourth-order valence-corrected chi connectivity index (χ4v) is 16.7. The van der Waals surface area contributed by atoms with E-state index in [4.69, 9.17) is 18.9 Å². The molecular formula is C43H50N4O7. The zero-order valence-electron chi connectivity index (χ0n) is 31.2. The average molecular weight is 735 g/mol. The molecule has 8 fully saturated rings. The number of piperidine rings is 3. The molecule has 13 rings (SSSR count). The van der Waals surface area contributed by atoms with E-state index in [0.717, 1.165) is 81.0 Å². The predicted molar refractivity (Wildman–Crippen MR) is 197 cm³/mol. The van der Waals surface area contributed by atoms with Gasteiger partial charge >= 0.3 is 5.97 Å². The van der Waals surface area contributed by atoms with Crippen LogP contribution in [-0.2, 0) is 29.8 Å². The molecule has 0 radical (unpaired) electrons. The first-order chi connectivity index (χ1) is 26.2. The third kappa shape index (κ3) is 3.03. The summed E-state index contributed by atoms with van der Waals surface area (Å²) in [5.41, 5.74) is 2.62. The summed E-state index contributed by atoms with van der Waals surface area (Å²) in [4.78, 5) is 21.4. The van der Waals surface area contributed by atoms with Crippen molar-refractivity contribution in [2.24, 2.45) is 22.2 Å². The highest BCUT2D eigenvalue weighted by atomic mass is 16.5. The number of benzene rings is 2. The van der Waals surface area contributed by atoms with Crippen molar-refractivity contribution < 1.29 is 34.0 Å². The predicted octanol–water partition coefficient (Wildman–Crippen LogP) is 3.48. The maximum Gasteiger partial charge on any atom is 0.335 e. The number of rotatable bonds is 2. The number of nitrogens with one attached hydrogen (secondary N) is 1. The van der Waals surface area contributed by atoms with Gasteiger partial charge in [-0.05, 0) is 81.2 Å². The maximum absolute atomic E-state index is 14.0. The molecular weight excluding hydrogens is 684 g/mol. The highest BCUT2D eigenvalue weighted by Crippen LogP contribution is 2.78. The Labute approximate surface area is 315 Å². The van der Waals surface area contributed by atoms with Crippen LogP contribution in [0.3, 0.4) is 0 Å². The number of hydrogen-bond donors (Lipinski definition) is 3. The number of carbonyl (C=O) groups excluding carboxylic acids is 1. The molecule has 5 spiro atoms. The largest absolute Gasteiger partial charge is 0.495 e. The third-order valence-corrected chi connectivity index (χ3v) is 17.9. The SMILES string of the molecule is COC(=O)C1=C2Nc3ccccc3[C@]23CCN2[C@@H]3[C@]3(CCO[C@H]3[C@@]3(C[C@@H]4C[C@]56CCO[C@@H]5CCN5CC[C@]7(c8cccc(OC)c8N(C3)[C@]47O)[C@H]56)[C@H]2O)C1. The molecule has 2 aromatic carbocycles. The van der Waals surface area contributed by atoms with Crippen LogP contribution in [0.4, 0.5) is 11.4 Å². The van der Waals surface area contributed by atoms with Crippen LogP contribution in [0.5, 0.6) is 5.75 Å². The fraction of sp³-hybridized carbons (Fsp3) is 0.651. The Bertz CT molecular complexity index is 2090. The van der Waals surface area contributed by atoms with E-state index in [0.29, 0.717) is 38.1 Å². The molecule has 0 aromatic heterocycles. The molecule has 11 heteroatoms. The first kappa shape index (κ1) is 32.0. The van der Waals surface area contributed by atoms with E-state index in [1.807, 2.05) is 6.07 Å². The molecule has 1 saturated carbocycles. The Morgan fingerprint density at radius 1 is 0.907 bits per heavy atom. The van der Waals surface area contributed by atoms with Crippen molar-refractivity contribution in [3.63, 3.8) is 0 Å². The van der Waals surface area contributed by atoms with Crippen molar-refractivity contribution >= 4 is 17.3 Å². The summed E-state index contributed by atoms with van der Waals surface area (Å²) in [5.74, 6) is 0.350. The number of para-hydroxylation sites is 2. The summed E-state index contributed by atoms with van der Waals surface area (Å²) >= 11 is 0. The smallest absolute Gasteiger partial charge is 0.335 e. The normalized spacial score (nSPS) is 48.3. The summed E-state index contributed by atoms with van der Waals surface area (Å²) in [6.07, 6.45) is 5.48. The number of fused-ring (bicyclic) bond motifs is 4. The summed E-state index contributed by atoms with van der Waals surface area (Å²) < 4.78 is 25.6. The van der Waals surface area contributed by atoms with Crippen molar-refractivity contribution in [1.82, 2.24) is 9.80 Å². The lowest BCUT2D eigenvalue weighted by molar-refractivity contribution is -0.276. The van der Waals surface area contributed by atoms with Gasteiger partial charge in [-0.1, -0.05) is 30.3 Å². The quantitative estimate of drug-likeness (QED) is 0.394. The lowest BCUT2D eigenvalue weighted by Crippen LogP contribution is -2.82. The first-order valence-electron chi connectivity index (χ1n) is 20.5. The molecule has 7 saturated heterocycles. The van der Waals surface area contributed by atoms with Crippen molar-refractivity contribution in [1.29, 1.82) is 0 Å². The Morgan fingerprint density at radius 2 is 1.72 bits per heavy atom. The van der Waals surface area contributed by atoms with E-state index < -0.39 is 33.6 Å². The van der Waals surface area contributed by atoms with Crippen LogP contribution < -0.4 is 15.0 Å². The van der Waals surface area contributed by atoms with Gasteiger partial charge in [-0.25, -0.2) is 4.79 Å². The molecule has 0 unspecified atom stereocenters. The Morgan fingerprint density at radius 3 is 2.59 bits per heavy atom. The van der Waals surface area contributed by atoms with Gasteiger partial charge in [-0.3, -0.25) is 9.80 Å². The van der Waals surface area contributed by atoms with E-state index in [-0.39, 0.29) is 41.6 Å². The Hall–Kier alpha value is -3.19. The van der Waals surface area contributed by atoms with Gasteiger partial charge in [0.2, 0.25) is 0 Å². The summed E-state index contributed by atoms with van der Waals surface area (Å²) in [5, 5.41) is 31.2. The monoisotopic (exact) mass is 734 g/mol. The number of methoxy groups -OCH3 is 2. The van der Waals surface area contributed by atoms with Gasteiger partial charge in [-0.15, -0.1) is 0 Å². The molecule has 11 aliphatic rings. The summed E-state index contributed by atoms with van der Waals surface area (Å²) in [7, 11) is 3.23. The highest BCUT2D eigenvalue weighted by Gasteiger charge is 2.84. The second-order valence-corrected chi connectivity index (χ2v) is 19.0. The highest BCUT2D eigenvalue weighted by molar-refractivity contribution is 5.93.